The number of aromatic amines is 1. The van der Waals surface area contributed by atoms with Gasteiger partial charge in [-0.1, -0.05) is 30.4 Å². The highest BCUT2D eigenvalue weighted by molar-refractivity contribution is 6.07. The van der Waals surface area contributed by atoms with Gasteiger partial charge in [-0.05, 0) is 30.9 Å². The molecule has 2 aliphatic rings. The van der Waals surface area contributed by atoms with E-state index in [2.05, 4.69) is 10.3 Å². The lowest BCUT2D eigenvalue weighted by Crippen LogP contribution is -2.41. The van der Waals surface area contributed by atoms with E-state index < -0.39 is 0 Å². The second-order valence-corrected chi connectivity index (χ2v) is 6.88. The number of carbonyl (C=O) groups excluding carboxylic acids is 3. The highest BCUT2D eigenvalue weighted by Gasteiger charge is 2.47. The lowest BCUT2D eigenvalue weighted by Gasteiger charge is -2.14. The van der Waals surface area contributed by atoms with Gasteiger partial charge in [0.25, 0.3) is 0 Å². The van der Waals surface area contributed by atoms with Crippen LogP contribution in [-0.4, -0.2) is 40.7 Å². The molecule has 1 saturated heterocycles. The number of aromatic nitrogens is 1. The monoisotopic (exact) mass is 351 g/mol. The second-order valence-electron chi connectivity index (χ2n) is 6.88. The van der Waals surface area contributed by atoms with Gasteiger partial charge < -0.3 is 10.3 Å². The van der Waals surface area contributed by atoms with Crippen LogP contribution in [0.2, 0.25) is 0 Å². The first kappa shape index (κ1) is 16.6. The lowest BCUT2D eigenvalue weighted by molar-refractivity contribution is -0.143. The molecule has 2 aromatic rings. The zero-order valence-corrected chi connectivity index (χ0v) is 14.4. The van der Waals surface area contributed by atoms with E-state index in [1.165, 1.54) is 0 Å². The summed E-state index contributed by atoms with van der Waals surface area (Å²) in [4.78, 5) is 41.3. The van der Waals surface area contributed by atoms with Gasteiger partial charge in [0.1, 0.15) is 6.54 Å². The van der Waals surface area contributed by atoms with Crippen LogP contribution >= 0.6 is 0 Å². The van der Waals surface area contributed by atoms with Crippen molar-refractivity contribution >= 4 is 28.6 Å². The number of imide groups is 1. The van der Waals surface area contributed by atoms with Gasteiger partial charge in [-0.2, -0.15) is 0 Å². The molecule has 0 radical (unpaired) electrons. The molecule has 2 N–H and O–H groups in total. The van der Waals surface area contributed by atoms with E-state index in [4.69, 9.17) is 0 Å². The van der Waals surface area contributed by atoms with Crippen molar-refractivity contribution in [3.63, 3.8) is 0 Å². The van der Waals surface area contributed by atoms with Gasteiger partial charge >= 0.3 is 0 Å². The summed E-state index contributed by atoms with van der Waals surface area (Å²) in [6.07, 6.45) is 7.70. The Bertz CT molecular complexity index is 873. The van der Waals surface area contributed by atoms with Crippen LogP contribution in [0.15, 0.2) is 42.6 Å². The fraction of sp³-hybridized carbons (Fsp3) is 0.350. The highest BCUT2D eigenvalue weighted by Crippen LogP contribution is 2.34. The number of nitrogens with one attached hydrogen (secondary N) is 2. The molecule has 1 aromatic heterocycles. The quantitative estimate of drug-likeness (QED) is 0.636. The summed E-state index contributed by atoms with van der Waals surface area (Å²) in [5.41, 5.74) is 2.20. The maximum absolute atomic E-state index is 12.4. The van der Waals surface area contributed by atoms with Gasteiger partial charge in [-0.3, -0.25) is 19.3 Å². The maximum atomic E-state index is 12.4. The zero-order valence-electron chi connectivity index (χ0n) is 14.4. The number of H-pyrrole nitrogens is 1. The van der Waals surface area contributed by atoms with Crippen LogP contribution in [0.25, 0.3) is 10.9 Å². The molecule has 0 saturated carbocycles. The third-order valence-corrected chi connectivity index (χ3v) is 5.29. The second kappa shape index (κ2) is 6.78. The zero-order chi connectivity index (χ0) is 18.1. The number of allylic oxidation sites excluding steroid dienone is 2. The molecule has 0 bridgehead atoms. The Labute approximate surface area is 151 Å². The smallest absolute Gasteiger partial charge is 0.240 e. The van der Waals surface area contributed by atoms with Gasteiger partial charge in [0.15, 0.2) is 0 Å². The molecule has 4 rings (SSSR count). The molecule has 134 valence electrons. The van der Waals surface area contributed by atoms with E-state index in [0.29, 0.717) is 25.8 Å². The average molecular weight is 351 g/mol. The van der Waals surface area contributed by atoms with E-state index in [0.717, 1.165) is 21.4 Å². The number of likely N-dealkylation sites (tertiary alicyclic amines) is 1. The number of carbonyl (C=O) groups is 3. The molecule has 6 heteroatoms. The minimum absolute atomic E-state index is 0.182. The van der Waals surface area contributed by atoms with Gasteiger partial charge in [0.05, 0.1) is 11.8 Å². The number of hydrogen-bond acceptors (Lipinski definition) is 3. The molecule has 1 aliphatic carbocycles. The van der Waals surface area contributed by atoms with E-state index >= 15 is 0 Å². The minimum atomic E-state index is -0.293. The normalized spacial score (nSPS) is 22.1. The predicted octanol–water partition coefficient (Wildman–Crippen LogP) is 1.78. The predicted molar refractivity (Wildman–Crippen MR) is 97.1 cm³/mol. The van der Waals surface area contributed by atoms with E-state index in [1.54, 1.807) is 0 Å². The first-order valence-electron chi connectivity index (χ1n) is 8.97. The molecule has 1 aromatic carbocycles. The van der Waals surface area contributed by atoms with Gasteiger partial charge in [-0.15, -0.1) is 0 Å². The van der Waals surface area contributed by atoms with Crippen molar-refractivity contribution in [2.75, 3.05) is 13.1 Å². The maximum Gasteiger partial charge on any atom is 0.240 e. The van der Waals surface area contributed by atoms with Crippen LogP contribution in [-0.2, 0) is 20.8 Å². The summed E-state index contributed by atoms with van der Waals surface area (Å²) in [7, 11) is 0. The van der Waals surface area contributed by atoms with Crippen molar-refractivity contribution < 1.29 is 14.4 Å². The third kappa shape index (κ3) is 2.92. The number of fused-ring (bicyclic) bond motifs is 2. The molecule has 26 heavy (non-hydrogen) atoms. The molecule has 6 nitrogen and oxygen atoms in total. The summed E-state index contributed by atoms with van der Waals surface area (Å²) >= 11 is 0. The summed E-state index contributed by atoms with van der Waals surface area (Å²) in [6.45, 7) is 0.282. The van der Waals surface area contributed by atoms with E-state index in [1.807, 2.05) is 42.6 Å². The number of hydrogen-bond donors (Lipinski definition) is 2. The number of amides is 3. The van der Waals surface area contributed by atoms with Crippen LogP contribution in [0.4, 0.5) is 0 Å². The fourth-order valence-electron chi connectivity index (χ4n) is 3.90. The molecular weight excluding hydrogens is 330 g/mol. The van der Waals surface area contributed by atoms with Crippen LogP contribution in [0, 0.1) is 11.8 Å². The Morgan fingerprint density at radius 2 is 1.81 bits per heavy atom. The third-order valence-electron chi connectivity index (χ3n) is 5.29. The van der Waals surface area contributed by atoms with Crippen molar-refractivity contribution in [2.24, 2.45) is 11.8 Å². The van der Waals surface area contributed by atoms with Crippen LogP contribution in [0.3, 0.4) is 0 Å². The van der Waals surface area contributed by atoms with Gasteiger partial charge in [-0.25, -0.2) is 0 Å². The molecular formula is C20H21N3O3. The fourth-order valence-corrected chi connectivity index (χ4v) is 3.90. The average Bonchev–Trinajstić information content (AvgIpc) is 3.17. The molecule has 1 fully saturated rings. The summed E-state index contributed by atoms with van der Waals surface area (Å²) in [5.74, 6) is -1.29. The first-order chi connectivity index (χ1) is 12.6. The molecule has 3 amide bonds. The Hall–Kier alpha value is -2.89. The number of para-hydroxylation sites is 1. The number of benzene rings is 1. The molecule has 1 aliphatic heterocycles. The van der Waals surface area contributed by atoms with Crippen molar-refractivity contribution in [3.8, 4) is 0 Å². The van der Waals surface area contributed by atoms with Crippen LogP contribution in [0.1, 0.15) is 18.4 Å². The Morgan fingerprint density at radius 3 is 2.54 bits per heavy atom. The molecule has 2 heterocycles. The minimum Gasteiger partial charge on any atom is -0.361 e. The lowest BCUT2D eigenvalue weighted by atomic mass is 9.85. The van der Waals surface area contributed by atoms with E-state index in [-0.39, 0.29) is 36.1 Å². The summed E-state index contributed by atoms with van der Waals surface area (Å²) in [5, 5.41) is 3.96. The Balaban J connectivity index is 1.32. The number of rotatable bonds is 5. The summed E-state index contributed by atoms with van der Waals surface area (Å²) < 4.78 is 0. The van der Waals surface area contributed by atoms with Crippen molar-refractivity contribution in [1.82, 2.24) is 15.2 Å². The van der Waals surface area contributed by atoms with Gasteiger partial charge in [0, 0.05) is 23.6 Å². The van der Waals surface area contributed by atoms with Crippen LogP contribution < -0.4 is 5.32 Å². The molecule has 2 atom stereocenters. The largest absolute Gasteiger partial charge is 0.361 e. The van der Waals surface area contributed by atoms with Crippen molar-refractivity contribution in [3.05, 3.63) is 48.2 Å². The Kier molecular flexibility index (Phi) is 4.32. The summed E-state index contributed by atoms with van der Waals surface area (Å²) in [6, 6.07) is 8.01. The van der Waals surface area contributed by atoms with E-state index in [9.17, 15) is 14.4 Å². The topological polar surface area (TPSA) is 82.3 Å². The van der Waals surface area contributed by atoms with Crippen molar-refractivity contribution in [1.29, 1.82) is 0 Å². The van der Waals surface area contributed by atoms with Gasteiger partial charge in [0.2, 0.25) is 17.7 Å². The Morgan fingerprint density at radius 1 is 1.12 bits per heavy atom. The molecule has 0 spiro atoms. The molecule has 0 unspecified atom stereocenters. The standard InChI is InChI=1S/C20H21N3O3/c24-18(12-23-19(25)15-6-1-2-7-16(15)20(23)26)21-10-9-13-11-22-17-8-4-3-5-14(13)17/h1-5,8,11,15-16,22H,6-7,9-10,12H2,(H,21,24)/t15-,16-/m0/s1. The van der Waals surface area contributed by atoms with Crippen molar-refractivity contribution in [2.45, 2.75) is 19.3 Å². The van der Waals surface area contributed by atoms with Crippen LogP contribution in [0.5, 0.6) is 0 Å². The SMILES string of the molecule is O=C(CN1C(=O)[C@H]2CC=CC[C@@H]2C1=O)NCCc1c[nH]c2ccccc12. The number of nitrogens with zero attached hydrogens (tertiary/aromatic N) is 1. The first-order valence-corrected chi connectivity index (χ1v) is 8.97. The highest BCUT2D eigenvalue weighted by atomic mass is 16.2.